The quantitative estimate of drug-likeness (QED) is 0.849. The number of likely N-dealkylation sites (N-methyl/N-ethyl adjacent to an activating group) is 1. The highest BCUT2D eigenvalue weighted by Gasteiger charge is 2.12. The average Bonchev–Trinajstić information content (AvgIpc) is 2.35. The maximum absolute atomic E-state index is 11.8. The molecule has 0 saturated carbocycles. The van der Waals surface area contributed by atoms with Gasteiger partial charge in [0.05, 0.1) is 23.4 Å². The number of nitrogens with zero attached hydrogens (tertiary/aromatic N) is 1. The number of benzene rings is 1. The van der Waals surface area contributed by atoms with Crippen LogP contribution in [0.4, 0.5) is 5.69 Å². The fourth-order valence-electron chi connectivity index (χ4n) is 1.77. The van der Waals surface area contributed by atoms with E-state index in [2.05, 4.69) is 19.2 Å². The van der Waals surface area contributed by atoms with Crippen molar-refractivity contribution in [1.29, 1.82) is 0 Å². The van der Waals surface area contributed by atoms with Crippen molar-refractivity contribution >= 4 is 23.2 Å². The highest BCUT2D eigenvalue weighted by molar-refractivity contribution is 6.33. The van der Waals surface area contributed by atoms with Crippen LogP contribution in [0.2, 0.25) is 5.02 Å². The molecule has 1 amide bonds. The first kappa shape index (κ1) is 16.8. The molecular weight excluding hydrogens is 276 g/mol. The number of nitrogens with one attached hydrogen (secondary N) is 1. The summed E-state index contributed by atoms with van der Waals surface area (Å²) in [7, 11) is 1.82. The lowest BCUT2D eigenvalue weighted by atomic mass is 10.1. The summed E-state index contributed by atoms with van der Waals surface area (Å²) in [6.07, 6.45) is -0.554. The van der Waals surface area contributed by atoms with Crippen LogP contribution in [0.1, 0.15) is 32.4 Å². The fraction of sp³-hybridized carbons (Fsp3) is 0.533. The van der Waals surface area contributed by atoms with Gasteiger partial charge in [-0.25, -0.2) is 0 Å². The second kappa shape index (κ2) is 7.50. The molecule has 112 valence electrons. The lowest BCUT2D eigenvalue weighted by Crippen LogP contribution is -2.36. The summed E-state index contributed by atoms with van der Waals surface area (Å²) in [6, 6.07) is 5.36. The summed E-state index contributed by atoms with van der Waals surface area (Å²) in [5.41, 5.74) is 1.53. The average molecular weight is 299 g/mol. The standard InChI is InChI=1S/C15H23ClN2O2/c1-10(2)8-17-15(20)9-18(4)14-6-5-12(11(3)19)7-13(14)16/h5-7,10-11,19H,8-9H2,1-4H3,(H,17,20)/t11-/m0/s1. The smallest absolute Gasteiger partial charge is 0.239 e. The van der Waals surface area contributed by atoms with Crippen LogP contribution in [0.15, 0.2) is 18.2 Å². The van der Waals surface area contributed by atoms with E-state index in [1.165, 1.54) is 0 Å². The number of anilines is 1. The highest BCUT2D eigenvalue weighted by Crippen LogP contribution is 2.28. The van der Waals surface area contributed by atoms with Crippen LogP contribution in [0.3, 0.4) is 0 Å². The van der Waals surface area contributed by atoms with Gasteiger partial charge in [0.2, 0.25) is 5.91 Å². The van der Waals surface area contributed by atoms with Crippen molar-refractivity contribution in [2.24, 2.45) is 5.92 Å². The summed E-state index contributed by atoms with van der Waals surface area (Å²) >= 11 is 6.19. The lowest BCUT2D eigenvalue weighted by molar-refractivity contribution is -0.119. The second-order valence-corrected chi connectivity index (χ2v) is 5.85. The third-order valence-electron chi connectivity index (χ3n) is 2.95. The summed E-state index contributed by atoms with van der Waals surface area (Å²) < 4.78 is 0. The van der Waals surface area contributed by atoms with Gasteiger partial charge in [0.15, 0.2) is 0 Å². The molecule has 1 atom stereocenters. The van der Waals surface area contributed by atoms with Gasteiger partial charge in [-0.2, -0.15) is 0 Å². The molecule has 1 rings (SSSR count). The minimum atomic E-state index is -0.554. The van der Waals surface area contributed by atoms with E-state index < -0.39 is 6.10 Å². The Labute approximate surface area is 125 Å². The van der Waals surface area contributed by atoms with E-state index in [4.69, 9.17) is 11.6 Å². The Morgan fingerprint density at radius 3 is 2.55 bits per heavy atom. The summed E-state index contributed by atoms with van der Waals surface area (Å²) in [5, 5.41) is 12.9. The molecule has 5 heteroatoms. The Morgan fingerprint density at radius 2 is 2.05 bits per heavy atom. The lowest BCUT2D eigenvalue weighted by Gasteiger charge is -2.21. The number of hydrogen-bond acceptors (Lipinski definition) is 3. The Kier molecular flexibility index (Phi) is 6.30. The molecule has 1 aromatic carbocycles. The molecular formula is C15H23ClN2O2. The largest absolute Gasteiger partial charge is 0.389 e. The number of rotatable bonds is 6. The molecule has 0 aromatic heterocycles. The molecule has 0 heterocycles. The van der Waals surface area contributed by atoms with Crippen LogP contribution in [-0.2, 0) is 4.79 Å². The van der Waals surface area contributed by atoms with Crippen molar-refractivity contribution in [3.05, 3.63) is 28.8 Å². The Bertz CT molecular complexity index is 461. The van der Waals surface area contributed by atoms with Gasteiger partial charge in [0.25, 0.3) is 0 Å². The first-order chi connectivity index (χ1) is 9.31. The second-order valence-electron chi connectivity index (χ2n) is 5.44. The van der Waals surface area contributed by atoms with Crippen molar-refractivity contribution < 1.29 is 9.90 Å². The molecule has 0 fully saturated rings. The number of aliphatic hydroxyl groups is 1. The number of halogens is 1. The number of amides is 1. The maximum atomic E-state index is 11.8. The normalized spacial score (nSPS) is 12.3. The van der Waals surface area contributed by atoms with Gasteiger partial charge < -0.3 is 15.3 Å². The minimum Gasteiger partial charge on any atom is -0.389 e. The van der Waals surface area contributed by atoms with Crippen molar-refractivity contribution in [2.45, 2.75) is 26.9 Å². The maximum Gasteiger partial charge on any atom is 0.239 e. The Morgan fingerprint density at radius 1 is 1.40 bits per heavy atom. The van der Waals surface area contributed by atoms with Crippen LogP contribution in [0.5, 0.6) is 0 Å². The zero-order valence-corrected chi connectivity index (χ0v) is 13.2. The fourth-order valence-corrected chi connectivity index (χ4v) is 2.10. The number of aliphatic hydroxyl groups excluding tert-OH is 1. The van der Waals surface area contributed by atoms with Crippen LogP contribution < -0.4 is 10.2 Å². The monoisotopic (exact) mass is 298 g/mol. The molecule has 0 aliphatic rings. The molecule has 0 bridgehead atoms. The van der Waals surface area contributed by atoms with E-state index in [1.807, 2.05) is 19.2 Å². The number of hydrogen-bond donors (Lipinski definition) is 2. The summed E-state index contributed by atoms with van der Waals surface area (Å²) in [6.45, 7) is 6.71. The summed E-state index contributed by atoms with van der Waals surface area (Å²) in [5.74, 6) is 0.398. The van der Waals surface area contributed by atoms with Crippen LogP contribution in [-0.4, -0.2) is 31.2 Å². The highest BCUT2D eigenvalue weighted by atomic mass is 35.5. The van der Waals surface area contributed by atoms with E-state index in [1.54, 1.807) is 17.9 Å². The van der Waals surface area contributed by atoms with Crippen molar-refractivity contribution in [3.63, 3.8) is 0 Å². The van der Waals surface area contributed by atoms with Crippen LogP contribution >= 0.6 is 11.6 Å². The first-order valence-corrected chi connectivity index (χ1v) is 7.14. The van der Waals surface area contributed by atoms with E-state index in [0.29, 0.717) is 17.5 Å². The van der Waals surface area contributed by atoms with E-state index in [9.17, 15) is 9.90 Å². The predicted octanol–water partition coefficient (Wildman–Crippen LogP) is 2.60. The Hall–Kier alpha value is -1.26. The van der Waals surface area contributed by atoms with Gasteiger partial charge in [-0.1, -0.05) is 31.5 Å². The predicted molar refractivity (Wildman–Crippen MR) is 83.2 cm³/mol. The van der Waals surface area contributed by atoms with Gasteiger partial charge >= 0.3 is 0 Å². The van der Waals surface area contributed by atoms with E-state index >= 15 is 0 Å². The molecule has 0 radical (unpaired) electrons. The van der Waals surface area contributed by atoms with Crippen LogP contribution in [0.25, 0.3) is 0 Å². The minimum absolute atomic E-state index is 0.0307. The molecule has 0 unspecified atom stereocenters. The molecule has 0 aliphatic heterocycles. The summed E-state index contributed by atoms with van der Waals surface area (Å²) in [4.78, 5) is 13.6. The van der Waals surface area contributed by atoms with Gasteiger partial charge in [-0.05, 0) is 30.5 Å². The van der Waals surface area contributed by atoms with Crippen molar-refractivity contribution in [3.8, 4) is 0 Å². The molecule has 20 heavy (non-hydrogen) atoms. The van der Waals surface area contributed by atoms with Gasteiger partial charge in [0.1, 0.15) is 0 Å². The molecule has 0 aliphatic carbocycles. The molecule has 0 saturated heterocycles. The van der Waals surface area contributed by atoms with E-state index in [0.717, 1.165) is 11.3 Å². The molecule has 0 spiro atoms. The SMILES string of the molecule is CC(C)CNC(=O)CN(C)c1ccc([C@H](C)O)cc1Cl. The van der Waals surface area contributed by atoms with Gasteiger partial charge in [-0.3, -0.25) is 4.79 Å². The topological polar surface area (TPSA) is 52.6 Å². The zero-order chi connectivity index (χ0) is 15.3. The van der Waals surface area contributed by atoms with Gasteiger partial charge in [-0.15, -0.1) is 0 Å². The molecule has 2 N–H and O–H groups in total. The van der Waals surface area contributed by atoms with E-state index in [-0.39, 0.29) is 12.5 Å². The van der Waals surface area contributed by atoms with Gasteiger partial charge in [0, 0.05) is 13.6 Å². The third kappa shape index (κ3) is 5.02. The first-order valence-electron chi connectivity index (χ1n) is 6.76. The van der Waals surface area contributed by atoms with Crippen LogP contribution in [0, 0.1) is 5.92 Å². The number of carbonyl (C=O) groups is 1. The molecule has 1 aromatic rings. The third-order valence-corrected chi connectivity index (χ3v) is 3.26. The number of carbonyl (C=O) groups excluding carboxylic acids is 1. The van der Waals surface area contributed by atoms with Crippen molar-refractivity contribution in [1.82, 2.24) is 5.32 Å². The molecule has 4 nitrogen and oxygen atoms in total. The Balaban J connectivity index is 2.68. The van der Waals surface area contributed by atoms with Crippen molar-refractivity contribution in [2.75, 3.05) is 25.0 Å². The zero-order valence-electron chi connectivity index (χ0n) is 12.5.